The van der Waals surface area contributed by atoms with E-state index >= 15 is 0 Å². The molecular weight excluding hydrogens is 417 g/mol. The first-order valence-electron chi connectivity index (χ1n) is 10.8. The minimum Gasteiger partial charge on any atom is -0.340 e. The predicted octanol–water partition coefficient (Wildman–Crippen LogP) is 3.04. The first-order chi connectivity index (χ1) is 15.0. The normalized spacial score (nSPS) is 20.0. The molecule has 2 saturated heterocycles. The summed E-state index contributed by atoms with van der Waals surface area (Å²) < 4.78 is 13.1. The van der Waals surface area contributed by atoms with Gasteiger partial charge in [-0.25, -0.2) is 9.37 Å². The van der Waals surface area contributed by atoms with Crippen LogP contribution in [0.4, 0.5) is 15.2 Å². The van der Waals surface area contributed by atoms with Crippen LogP contribution in [0.2, 0.25) is 0 Å². The molecule has 0 spiro atoms. The van der Waals surface area contributed by atoms with Crippen molar-refractivity contribution in [1.29, 1.82) is 0 Å². The van der Waals surface area contributed by atoms with Crippen molar-refractivity contribution in [3.63, 3.8) is 0 Å². The molecule has 2 aliphatic rings. The maximum atomic E-state index is 13.1. The molecule has 0 radical (unpaired) electrons. The second-order valence-electron chi connectivity index (χ2n) is 8.02. The Morgan fingerprint density at radius 2 is 1.87 bits per heavy atom. The van der Waals surface area contributed by atoms with Crippen molar-refractivity contribution >= 4 is 34.0 Å². The smallest absolute Gasteiger partial charge is 0.273 e. The number of piperidine rings is 1. The van der Waals surface area contributed by atoms with Gasteiger partial charge in [-0.2, -0.15) is 0 Å². The third kappa shape index (κ3) is 5.22. The van der Waals surface area contributed by atoms with Crippen LogP contribution < -0.4 is 5.32 Å². The van der Waals surface area contributed by atoms with E-state index in [1.54, 1.807) is 22.4 Å². The zero-order valence-corrected chi connectivity index (χ0v) is 18.5. The Labute approximate surface area is 185 Å². The minimum atomic E-state index is -0.304. The summed E-state index contributed by atoms with van der Waals surface area (Å²) in [5.41, 5.74) is 1.08. The van der Waals surface area contributed by atoms with E-state index in [9.17, 15) is 14.0 Å². The average Bonchev–Trinajstić information content (AvgIpc) is 3.28. The van der Waals surface area contributed by atoms with Crippen molar-refractivity contribution in [3.8, 4) is 0 Å². The first-order valence-corrected chi connectivity index (χ1v) is 11.7. The van der Waals surface area contributed by atoms with Gasteiger partial charge in [0.2, 0.25) is 5.91 Å². The van der Waals surface area contributed by atoms with Gasteiger partial charge >= 0.3 is 0 Å². The summed E-state index contributed by atoms with van der Waals surface area (Å²) in [6.07, 6.45) is 1.65. The molecule has 1 unspecified atom stereocenters. The van der Waals surface area contributed by atoms with Crippen LogP contribution in [0.25, 0.3) is 0 Å². The fourth-order valence-corrected chi connectivity index (χ4v) is 4.86. The van der Waals surface area contributed by atoms with Gasteiger partial charge in [0.15, 0.2) is 5.13 Å². The van der Waals surface area contributed by atoms with Crippen molar-refractivity contribution in [2.24, 2.45) is 5.92 Å². The largest absolute Gasteiger partial charge is 0.340 e. The molecule has 9 heteroatoms. The topological polar surface area (TPSA) is 68.8 Å². The highest BCUT2D eigenvalue weighted by atomic mass is 32.1. The Balaban J connectivity index is 1.35. The third-order valence-electron chi connectivity index (χ3n) is 6.01. The zero-order valence-electron chi connectivity index (χ0n) is 17.7. The van der Waals surface area contributed by atoms with E-state index in [1.807, 2.05) is 4.90 Å². The van der Waals surface area contributed by atoms with E-state index in [0.29, 0.717) is 29.6 Å². The molecule has 0 saturated carbocycles. The summed E-state index contributed by atoms with van der Waals surface area (Å²) in [5, 5.41) is 5.40. The number of aromatic nitrogens is 1. The van der Waals surface area contributed by atoms with Crippen LogP contribution in [0.1, 0.15) is 30.3 Å². The zero-order chi connectivity index (χ0) is 21.8. The standard InChI is InChI=1S/C22H28FN5O2S/c1-2-26-10-12-27(13-11-26)20(29)16-4-3-9-28(14-16)21(30)19-15-31-22(25-19)24-18-7-5-17(23)6-8-18/h5-8,15-16H,2-4,9-14H2,1H3,(H,24,25). The Hall–Kier alpha value is -2.52. The number of amides is 2. The lowest BCUT2D eigenvalue weighted by molar-refractivity contribution is -0.138. The maximum Gasteiger partial charge on any atom is 0.273 e. The van der Waals surface area contributed by atoms with Crippen LogP contribution in [0, 0.1) is 11.7 Å². The van der Waals surface area contributed by atoms with Gasteiger partial charge in [0, 0.05) is 50.3 Å². The van der Waals surface area contributed by atoms with Gasteiger partial charge in [0.25, 0.3) is 5.91 Å². The van der Waals surface area contributed by atoms with Crippen LogP contribution >= 0.6 is 11.3 Å². The molecule has 1 N–H and O–H groups in total. The van der Waals surface area contributed by atoms with E-state index in [2.05, 4.69) is 22.1 Å². The number of hydrogen-bond donors (Lipinski definition) is 1. The summed E-state index contributed by atoms with van der Waals surface area (Å²) in [4.78, 5) is 36.5. The molecule has 2 aliphatic heterocycles. The SMILES string of the molecule is CCN1CCN(C(=O)C2CCCN(C(=O)c3csc(Nc4ccc(F)cc4)n3)C2)CC1. The van der Waals surface area contributed by atoms with Gasteiger partial charge in [0.05, 0.1) is 5.92 Å². The lowest BCUT2D eigenvalue weighted by Gasteiger charge is -2.38. The van der Waals surface area contributed by atoms with Gasteiger partial charge in [-0.1, -0.05) is 6.92 Å². The number of likely N-dealkylation sites (tertiary alicyclic amines) is 1. The Bertz CT molecular complexity index is 911. The van der Waals surface area contributed by atoms with Crippen LogP contribution in [-0.4, -0.2) is 77.3 Å². The highest BCUT2D eigenvalue weighted by Gasteiger charge is 2.33. The number of nitrogens with one attached hydrogen (secondary N) is 1. The summed E-state index contributed by atoms with van der Waals surface area (Å²) >= 11 is 1.33. The third-order valence-corrected chi connectivity index (χ3v) is 6.77. The van der Waals surface area contributed by atoms with Crippen LogP contribution in [0.15, 0.2) is 29.6 Å². The minimum absolute atomic E-state index is 0.138. The summed E-state index contributed by atoms with van der Waals surface area (Å²) in [7, 11) is 0. The molecule has 1 aromatic heterocycles. The lowest BCUT2D eigenvalue weighted by Crippen LogP contribution is -2.53. The van der Waals surface area contributed by atoms with Crippen molar-refractivity contribution < 1.29 is 14.0 Å². The van der Waals surface area contributed by atoms with E-state index in [-0.39, 0.29) is 23.5 Å². The number of anilines is 2. The molecule has 31 heavy (non-hydrogen) atoms. The number of hydrogen-bond acceptors (Lipinski definition) is 6. The second kappa shape index (κ2) is 9.74. The molecule has 0 aliphatic carbocycles. The number of piperazine rings is 1. The number of thiazole rings is 1. The molecule has 7 nitrogen and oxygen atoms in total. The number of rotatable bonds is 5. The molecule has 0 bridgehead atoms. The Morgan fingerprint density at radius 1 is 1.13 bits per heavy atom. The quantitative estimate of drug-likeness (QED) is 0.766. The highest BCUT2D eigenvalue weighted by Crippen LogP contribution is 2.25. The number of halogens is 1. The van der Waals surface area contributed by atoms with Gasteiger partial charge in [-0.15, -0.1) is 11.3 Å². The molecule has 2 fully saturated rings. The molecule has 4 rings (SSSR count). The van der Waals surface area contributed by atoms with Gasteiger partial charge in [0.1, 0.15) is 11.5 Å². The number of carbonyl (C=O) groups excluding carboxylic acids is 2. The molecule has 2 amide bonds. The maximum absolute atomic E-state index is 13.1. The van der Waals surface area contributed by atoms with Gasteiger partial charge in [-0.3, -0.25) is 9.59 Å². The molecule has 2 aromatic rings. The first kappa shape index (κ1) is 21.7. The fourth-order valence-electron chi connectivity index (χ4n) is 4.15. The Kier molecular flexibility index (Phi) is 6.82. The van der Waals surface area contributed by atoms with Crippen LogP contribution in [-0.2, 0) is 4.79 Å². The second-order valence-corrected chi connectivity index (χ2v) is 8.88. The van der Waals surface area contributed by atoms with Crippen LogP contribution in [0.3, 0.4) is 0 Å². The van der Waals surface area contributed by atoms with E-state index in [4.69, 9.17) is 0 Å². The van der Waals surface area contributed by atoms with Crippen molar-refractivity contribution in [3.05, 3.63) is 41.2 Å². The van der Waals surface area contributed by atoms with E-state index in [1.165, 1.54) is 23.5 Å². The predicted molar refractivity (Wildman–Crippen MR) is 119 cm³/mol. The summed E-state index contributed by atoms with van der Waals surface area (Å²) in [6.45, 7) is 7.61. The number of carbonyl (C=O) groups is 2. The molecule has 1 atom stereocenters. The van der Waals surface area contributed by atoms with Gasteiger partial charge < -0.3 is 20.0 Å². The Morgan fingerprint density at radius 3 is 2.58 bits per heavy atom. The monoisotopic (exact) mass is 445 g/mol. The van der Waals surface area contributed by atoms with Crippen LogP contribution in [0.5, 0.6) is 0 Å². The summed E-state index contributed by atoms with van der Waals surface area (Å²) in [5.74, 6) is -0.412. The number of benzene rings is 1. The highest BCUT2D eigenvalue weighted by molar-refractivity contribution is 7.14. The van der Waals surface area contributed by atoms with E-state index < -0.39 is 0 Å². The number of likely N-dealkylation sites (N-methyl/N-ethyl adjacent to an activating group) is 1. The lowest BCUT2D eigenvalue weighted by atomic mass is 9.96. The fraction of sp³-hybridized carbons (Fsp3) is 0.500. The van der Waals surface area contributed by atoms with Gasteiger partial charge in [-0.05, 0) is 43.7 Å². The van der Waals surface area contributed by atoms with Crippen molar-refractivity contribution in [1.82, 2.24) is 19.7 Å². The molecule has 166 valence electrons. The number of nitrogens with zero attached hydrogens (tertiary/aromatic N) is 4. The molecule has 3 heterocycles. The molecule has 1 aromatic carbocycles. The summed E-state index contributed by atoms with van der Waals surface area (Å²) in [6, 6.07) is 5.99. The van der Waals surface area contributed by atoms with E-state index in [0.717, 1.165) is 45.6 Å². The average molecular weight is 446 g/mol. The molecular formula is C22H28FN5O2S. The van der Waals surface area contributed by atoms with Crippen molar-refractivity contribution in [2.45, 2.75) is 19.8 Å². The van der Waals surface area contributed by atoms with Crippen molar-refractivity contribution in [2.75, 3.05) is 51.1 Å².